The second kappa shape index (κ2) is 6.64. The van der Waals surface area contributed by atoms with E-state index in [1.807, 2.05) is 0 Å². The van der Waals surface area contributed by atoms with E-state index in [0.717, 1.165) is 5.56 Å². The van der Waals surface area contributed by atoms with Gasteiger partial charge in [0.15, 0.2) is 0 Å². The Kier molecular flexibility index (Phi) is 5.05. The van der Waals surface area contributed by atoms with Crippen molar-refractivity contribution in [2.24, 2.45) is 0 Å². The largest absolute Gasteiger partial charge is 0.497 e. The predicted octanol–water partition coefficient (Wildman–Crippen LogP) is 0.652. The summed E-state index contributed by atoms with van der Waals surface area (Å²) in [6.45, 7) is 1.85. The van der Waals surface area contributed by atoms with Crippen LogP contribution in [0.15, 0.2) is 17.0 Å². The fourth-order valence-electron chi connectivity index (χ4n) is 2.54. The van der Waals surface area contributed by atoms with Gasteiger partial charge >= 0.3 is 5.97 Å². The van der Waals surface area contributed by atoms with E-state index in [2.05, 4.69) is 0 Å². The Labute approximate surface area is 129 Å². The zero-order chi connectivity index (χ0) is 16.3. The third-order valence-corrected chi connectivity index (χ3v) is 5.64. The number of hydrogen-bond donors (Lipinski definition) is 1. The summed E-state index contributed by atoms with van der Waals surface area (Å²) in [6, 6.07) is 3.44. The van der Waals surface area contributed by atoms with E-state index in [1.165, 1.54) is 4.31 Å². The van der Waals surface area contributed by atoms with E-state index in [9.17, 15) is 13.2 Å². The number of hydrogen-bond acceptors (Lipinski definition) is 5. The summed E-state index contributed by atoms with van der Waals surface area (Å²) >= 11 is 0. The Morgan fingerprint density at radius 3 is 2.77 bits per heavy atom. The van der Waals surface area contributed by atoms with Crippen LogP contribution < -0.4 is 4.74 Å². The first kappa shape index (κ1) is 16.7. The molecule has 0 fully saturated rings. The monoisotopic (exact) mass is 329 g/mol. The number of aliphatic carboxylic acids is 1. The maximum Gasteiger partial charge on any atom is 0.329 e. The molecule has 1 heterocycles. The first-order valence-electron chi connectivity index (χ1n) is 6.83. The van der Waals surface area contributed by atoms with Gasteiger partial charge in [-0.05, 0) is 36.6 Å². The van der Waals surface area contributed by atoms with Crippen molar-refractivity contribution in [3.05, 3.63) is 23.3 Å². The van der Waals surface area contributed by atoms with E-state index < -0.39 is 22.6 Å². The van der Waals surface area contributed by atoms with Crippen LogP contribution in [0.2, 0.25) is 0 Å². The molecule has 122 valence electrons. The normalized spacial score (nSPS) is 17.0. The molecule has 1 N–H and O–H groups in total. The molecule has 0 aliphatic carbocycles. The van der Waals surface area contributed by atoms with Gasteiger partial charge in [0.25, 0.3) is 0 Å². The van der Waals surface area contributed by atoms with Crippen LogP contribution in [-0.2, 0) is 26.0 Å². The highest BCUT2D eigenvalue weighted by Gasteiger charge is 2.33. The molecule has 2 rings (SSSR count). The molecule has 0 bridgehead atoms. The van der Waals surface area contributed by atoms with Crippen molar-refractivity contribution in [1.82, 2.24) is 4.31 Å². The molecule has 0 saturated heterocycles. The second-order valence-electron chi connectivity index (χ2n) is 5.03. The lowest BCUT2D eigenvalue weighted by Crippen LogP contribution is -2.40. The van der Waals surface area contributed by atoms with Gasteiger partial charge in [0, 0.05) is 13.1 Å². The van der Waals surface area contributed by atoms with Crippen molar-refractivity contribution < 1.29 is 27.8 Å². The Bertz CT molecular complexity index is 670. The molecule has 0 spiro atoms. The first-order chi connectivity index (χ1) is 10.4. The molecule has 0 saturated carbocycles. The number of benzene rings is 1. The Morgan fingerprint density at radius 2 is 2.14 bits per heavy atom. The van der Waals surface area contributed by atoms with Crippen LogP contribution in [-0.4, -0.2) is 57.2 Å². The number of nitrogens with zero attached hydrogens (tertiary/aromatic N) is 1. The minimum Gasteiger partial charge on any atom is -0.497 e. The van der Waals surface area contributed by atoms with Gasteiger partial charge in [-0.15, -0.1) is 0 Å². The van der Waals surface area contributed by atoms with Gasteiger partial charge < -0.3 is 14.6 Å². The van der Waals surface area contributed by atoms with E-state index in [-0.39, 0.29) is 13.2 Å². The maximum atomic E-state index is 12.7. The van der Waals surface area contributed by atoms with Crippen molar-refractivity contribution in [2.75, 3.05) is 33.4 Å². The zero-order valence-electron chi connectivity index (χ0n) is 12.5. The molecule has 0 unspecified atom stereocenters. The smallest absolute Gasteiger partial charge is 0.329 e. The number of aryl methyl sites for hydroxylation is 1. The van der Waals surface area contributed by atoms with Crippen molar-refractivity contribution >= 4 is 16.0 Å². The first-order valence-corrected chi connectivity index (χ1v) is 8.27. The zero-order valence-corrected chi connectivity index (χ0v) is 13.4. The molecular formula is C14H19NO6S. The van der Waals surface area contributed by atoms with Crippen LogP contribution in [0.3, 0.4) is 0 Å². The van der Waals surface area contributed by atoms with Crippen LogP contribution in [0.5, 0.6) is 5.75 Å². The van der Waals surface area contributed by atoms with Crippen LogP contribution in [0.4, 0.5) is 0 Å². The number of carbonyl (C=O) groups is 1. The highest BCUT2D eigenvalue weighted by molar-refractivity contribution is 7.89. The Morgan fingerprint density at radius 1 is 1.41 bits per heavy atom. The molecule has 0 radical (unpaired) electrons. The highest BCUT2D eigenvalue weighted by Crippen LogP contribution is 2.32. The molecule has 22 heavy (non-hydrogen) atoms. The summed E-state index contributed by atoms with van der Waals surface area (Å²) in [5.41, 5.74) is 1.39. The molecular weight excluding hydrogens is 310 g/mol. The fraction of sp³-hybridized carbons (Fsp3) is 0.500. The van der Waals surface area contributed by atoms with Crippen molar-refractivity contribution in [2.45, 2.75) is 18.2 Å². The summed E-state index contributed by atoms with van der Waals surface area (Å²) < 4.78 is 36.8. The Balaban J connectivity index is 2.18. The molecule has 8 heteroatoms. The van der Waals surface area contributed by atoms with Crippen LogP contribution in [0.25, 0.3) is 0 Å². The quantitative estimate of drug-likeness (QED) is 0.770. The van der Waals surface area contributed by atoms with E-state index in [1.54, 1.807) is 26.2 Å². The van der Waals surface area contributed by atoms with Gasteiger partial charge in [0.2, 0.25) is 10.0 Å². The van der Waals surface area contributed by atoms with E-state index in [4.69, 9.17) is 14.6 Å². The van der Waals surface area contributed by atoms with Crippen molar-refractivity contribution in [3.8, 4) is 5.75 Å². The van der Waals surface area contributed by atoms with Gasteiger partial charge in [0.05, 0.1) is 18.6 Å². The molecule has 1 aliphatic rings. The topological polar surface area (TPSA) is 93.1 Å². The summed E-state index contributed by atoms with van der Waals surface area (Å²) in [5, 5.41) is 8.50. The molecule has 0 amide bonds. The highest BCUT2D eigenvalue weighted by atomic mass is 32.2. The Hall–Kier alpha value is -1.64. The molecule has 0 aromatic heterocycles. The third-order valence-electron chi connectivity index (χ3n) is 3.50. The SMILES string of the molecule is COc1cc(C)c2c(c1)CCN(CCOCC(=O)O)S2(=O)=O. The number of rotatable bonds is 6. The van der Waals surface area contributed by atoms with E-state index in [0.29, 0.717) is 29.2 Å². The number of sulfonamides is 1. The average Bonchev–Trinajstić information content (AvgIpc) is 2.44. The van der Waals surface area contributed by atoms with Gasteiger partial charge in [-0.3, -0.25) is 0 Å². The number of ether oxygens (including phenoxy) is 2. The summed E-state index contributed by atoms with van der Waals surface area (Å²) in [7, 11) is -2.04. The van der Waals surface area contributed by atoms with Crippen LogP contribution in [0, 0.1) is 6.92 Å². The molecule has 1 aromatic carbocycles. The predicted molar refractivity (Wildman–Crippen MR) is 78.6 cm³/mol. The lowest BCUT2D eigenvalue weighted by Gasteiger charge is -2.29. The second-order valence-corrected chi connectivity index (χ2v) is 6.91. The molecule has 1 aromatic rings. The number of carboxylic acid groups (broad SMARTS) is 1. The summed E-state index contributed by atoms with van der Waals surface area (Å²) in [4.78, 5) is 10.7. The molecule has 7 nitrogen and oxygen atoms in total. The van der Waals surface area contributed by atoms with Gasteiger partial charge in [0.1, 0.15) is 12.4 Å². The summed E-state index contributed by atoms with van der Waals surface area (Å²) in [5.74, 6) is -0.431. The minimum atomic E-state index is -3.59. The standard InChI is InChI=1S/C14H19NO6S/c1-10-7-12(20-2)8-11-3-4-15(22(18,19)14(10)11)5-6-21-9-13(16)17/h7-8H,3-6,9H2,1-2H3,(H,16,17). The number of fused-ring (bicyclic) bond motifs is 1. The molecule has 1 aliphatic heterocycles. The van der Waals surface area contributed by atoms with Crippen molar-refractivity contribution in [1.29, 1.82) is 0 Å². The average molecular weight is 329 g/mol. The number of carboxylic acids is 1. The maximum absolute atomic E-state index is 12.7. The van der Waals surface area contributed by atoms with Crippen LogP contribution >= 0.6 is 0 Å². The lowest BCUT2D eigenvalue weighted by molar-refractivity contribution is -0.142. The van der Waals surface area contributed by atoms with Gasteiger partial charge in [-0.2, -0.15) is 4.31 Å². The molecule has 0 atom stereocenters. The van der Waals surface area contributed by atoms with E-state index >= 15 is 0 Å². The van der Waals surface area contributed by atoms with Gasteiger partial charge in [-0.25, -0.2) is 13.2 Å². The summed E-state index contributed by atoms with van der Waals surface area (Å²) in [6.07, 6.45) is 0.589. The fourth-order valence-corrected chi connectivity index (χ4v) is 4.40. The lowest BCUT2D eigenvalue weighted by atomic mass is 10.1. The minimum absolute atomic E-state index is 0.0517. The van der Waals surface area contributed by atoms with Crippen molar-refractivity contribution in [3.63, 3.8) is 0 Å². The number of methoxy groups -OCH3 is 1. The van der Waals surface area contributed by atoms with Gasteiger partial charge in [-0.1, -0.05) is 0 Å². The van der Waals surface area contributed by atoms with Crippen LogP contribution in [0.1, 0.15) is 11.1 Å². The third kappa shape index (κ3) is 3.40.